The van der Waals surface area contributed by atoms with Gasteiger partial charge in [-0.1, -0.05) is 23.4 Å². The van der Waals surface area contributed by atoms with Crippen molar-refractivity contribution in [2.45, 2.75) is 18.9 Å². The van der Waals surface area contributed by atoms with Crippen LogP contribution in [0.25, 0.3) is 22.3 Å². The number of aromatic amines is 1. The number of benzene rings is 2. The van der Waals surface area contributed by atoms with E-state index < -0.39 is 0 Å². The van der Waals surface area contributed by atoms with Crippen molar-refractivity contribution in [3.05, 3.63) is 66.2 Å². The maximum absolute atomic E-state index is 13.2. The van der Waals surface area contributed by atoms with Crippen molar-refractivity contribution in [1.82, 2.24) is 20.0 Å². The first-order chi connectivity index (χ1) is 14.2. The minimum Gasteiger partial charge on any atom is -0.496 e. The number of likely N-dealkylation sites (tertiary alicyclic amines) is 1. The number of hydrogen-bond acceptors (Lipinski definition) is 5. The molecule has 1 fully saturated rings. The van der Waals surface area contributed by atoms with E-state index in [9.17, 15) is 4.79 Å². The minimum atomic E-state index is -0.224. The number of ether oxygens (including phenoxy) is 1. The largest absolute Gasteiger partial charge is 0.496 e. The maximum Gasteiger partial charge on any atom is 0.254 e. The van der Waals surface area contributed by atoms with Gasteiger partial charge in [0.05, 0.1) is 12.7 Å². The number of carbonyl (C=O) groups is 1. The fraction of sp³-hybridized carbons (Fsp3) is 0.227. The number of aromatic nitrogens is 3. The molecule has 7 nitrogen and oxygen atoms in total. The lowest BCUT2D eigenvalue weighted by Gasteiger charge is -2.22. The van der Waals surface area contributed by atoms with E-state index in [0.717, 1.165) is 29.3 Å². The van der Waals surface area contributed by atoms with Gasteiger partial charge in [-0.05, 0) is 48.6 Å². The highest BCUT2D eigenvalue weighted by molar-refractivity contribution is 5.98. The predicted octanol–water partition coefficient (Wildman–Crippen LogP) is 4.20. The summed E-state index contributed by atoms with van der Waals surface area (Å²) in [5.41, 5.74) is 2.36. The summed E-state index contributed by atoms with van der Waals surface area (Å²) >= 11 is 0. The molecule has 4 aromatic rings. The van der Waals surface area contributed by atoms with Gasteiger partial charge in [0.25, 0.3) is 5.91 Å². The molecule has 1 atom stereocenters. The topological polar surface area (TPSA) is 84.3 Å². The zero-order valence-electron chi connectivity index (χ0n) is 16.0. The number of fused-ring (bicyclic) bond motifs is 1. The number of rotatable bonds is 4. The Morgan fingerprint density at radius 1 is 1.24 bits per heavy atom. The Labute approximate surface area is 167 Å². The Kier molecular flexibility index (Phi) is 4.27. The Morgan fingerprint density at radius 3 is 3.03 bits per heavy atom. The van der Waals surface area contributed by atoms with Crippen LogP contribution < -0.4 is 4.74 Å². The maximum atomic E-state index is 13.2. The third-order valence-electron chi connectivity index (χ3n) is 5.39. The number of carbonyl (C=O) groups excluding carboxylic acids is 1. The van der Waals surface area contributed by atoms with E-state index in [1.165, 1.54) is 0 Å². The summed E-state index contributed by atoms with van der Waals surface area (Å²) in [5, 5.41) is 5.21. The van der Waals surface area contributed by atoms with Crippen molar-refractivity contribution in [2.75, 3.05) is 13.7 Å². The predicted molar refractivity (Wildman–Crippen MR) is 108 cm³/mol. The Balaban J connectivity index is 1.43. The Bertz CT molecular complexity index is 1180. The van der Waals surface area contributed by atoms with Gasteiger partial charge < -0.3 is 19.1 Å². The van der Waals surface area contributed by atoms with Gasteiger partial charge in [0.1, 0.15) is 11.8 Å². The van der Waals surface area contributed by atoms with Gasteiger partial charge in [-0.25, -0.2) is 0 Å². The molecule has 1 aliphatic heterocycles. The van der Waals surface area contributed by atoms with Gasteiger partial charge >= 0.3 is 0 Å². The van der Waals surface area contributed by atoms with Crippen molar-refractivity contribution in [2.24, 2.45) is 0 Å². The molecule has 2 aromatic carbocycles. The van der Waals surface area contributed by atoms with Crippen LogP contribution in [0.5, 0.6) is 5.75 Å². The lowest BCUT2D eigenvalue weighted by Crippen LogP contribution is -2.30. The molecule has 0 unspecified atom stereocenters. The van der Waals surface area contributed by atoms with Crippen molar-refractivity contribution < 1.29 is 14.1 Å². The van der Waals surface area contributed by atoms with Crippen LogP contribution in [0.4, 0.5) is 0 Å². The third-order valence-corrected chi connectivity index (χ3v) is 5.39. The quantitative estimate of drug-likeness (QED) is 0.566. The Morgan fingerprint density at radius 2 is 2.14 bits per heavy atom. The number of nitrogens with zero attached hydrogens (tertiary/aromatic N) is 3. The molecule has 0 saturated carbocycles. The molecule has 0 radical (unpaired) electrons. The van der Waals surface area contributed by atoms with Gasteiger partial charge in [0.2, 0.25) is 11.7 Å². The number of H-pyrrole nitrogens is 1. The summed E-state index contributed by atoms with van der Waals surface area (Å²) in [7, 11) is 1.61. The lowest BCUT2D eigenvalue weighted by atomic mass is 10.1. The van der Waals surface area contributed by atoms with E-state index in [0.29, 0.717) is 29.6 Å². The standard InChI is InChI=1S/C22H20N4O3/c1-28-19-7-3-2-5-16(19)20-24-21(29-25-20)18-6-4-12-26(18)22(27)15-9-8-14-10-11-23-17(14)13-15/h2-3,5,7-11,13,18,23H,4,6,12H2,1H3/t18-/m1/s1. The number of hydrogen-bond donors (Lipinski definition) is 1. The normalized spacial score (nSPS) is 16.4. The van der Waals surface area contributed by atoms with Gasteiger partial charge in [-0.3, -0.25) is 4.79 Å². The zero-order chi connectivity index (χ0) is 19.8. The van der Waals surface area contributed by atoms with E-state index in [2.05, 4.69) is 15.1 Å². The van der Waals surface area contributed by atoms with E-state index >= 15 is 0 Å². The monoisotopic (exact) mass is 388 g/mol. The van der Waals surface area contributed by atoms with Crippen molar-refractivity contribution in [3.63, 3.8) is 0 Å². The van der Waals surface area contributed by atoms with Crippen molar-refractivity contribution in [1.29, 1.82) is 0 Å². The molecule has 7 heteroatoms. The summed E-state index contributed by atoms with van der Waals surface area (Å²) in [4.78, 5) is 22.7. The van der Waals surface area contributed by atoms with Crippen LogP contribution in [0.15, 0.2) is 59.3 Å². The minimum absolute atomic E-state index is 0.0268. The SMILES string of the molecule is COc1ccccc1-c1noc([C@H]2CCCN2C(=O)c2ccc3cc[nH]c3c2)n1. The highest BCUT2D eigenvalue weighted by atomic mass is 16.5. The molecule has 1 saturated heterocycles. The molecule has 0 spiro atoms. The first-order valence-corrected chi connectivity index (χ1v) is 9.60. The molecule has 29 heavy (non-hydrogen) atoms. The van der Waals surface area contributed by atoms with Crippen LogP contribution >= 0.6 is 0 Å². The lowest BCUT2D eigenvalue weighted by molar-refractivity contribution is 0.0710. The molecular formula is C22H20N4O3. The second-order valence-electron chi connectivity index (χ2n) is 7.09. The van der Waals surface area contributed by atoms with Crippen LogP contribution in [0, 0.1) is 0 Å². The van der Waals surface area contributed by atoms with Crippen LogP contribution in [-0.2, 0) is 0 Å². The smallest absolute Gasteiger partial charge is 0.254 e. The molecule has 1 N–H and O–H groups in total. The van der Waals surface area contributed by atoms with E-state index in [4.69, 9.17) is 9.26 Å². The average molecular weight is 388 g/mol. The zero-order valence-corrected chi connectivity index (χ0v) is 16.0. The first kappa shape index (κ1) is 17.5. The number of methoxy groups -OCH3 is 1. The second-order valence-corrected chi connectivity index (χ2v) is 7.09. The van der Waals surface area contributed by atoms with Crippen LogP contribution in [0.2, 0.25) is 0 Å². The first-order valence-electron chi connectivity index (χ1n) is 9.60. The molecular weight excluding hydrogens is 368 g/mol. The summed E-state index contributed by atoms with van der Waals surface area (Å²) in [6.45, 7) is 0.665. The summed E-state index contributed by atoms with van der Waals surface area (Å²) < 4.78 is 11.0. The van der Waals surface area contributed by atoms with Crippen molar-refractivity contribution in [3.8, 4) is 17.1 Å². The highest BCUT2D eigenvalue weighted by Gasteiger charge is 2.35. The van der Waals surface area contributed by atoms with Gasteiger partial charge in [-0.15, -0.1) is 0 Å². The number of nitrogens with one attached hydrogen (secondary N) is 1. The molecule has 2 aromatic heterocycles. The van der Waals surface area contributed by atoms with Crippen molar-refractivity contribution >= 4 is 16.8 Å². The van der Waals surface area contributed by atoms with Crippen LogP contribution in [0.1, 0.15) is 35.1 Å². The molecule has 0 aliphatic carbocycles. The van der Waals surface area contributed by atoms with Crippen LogP contribution in [-0.4, -0.2) is 39.6 Å². The highest BCUT2D eigenvalue weighted by Crippen LogP contribution is 2.35. The van der Waals surface area contributed by atoms with E-state index in [-0.39, 0.29) is 11.9 Å². The summed E-state index contributed by atoms with van der Waals surface area (Å²) in [6.07, 6.45) is 3.56. The number of amides is 1. The van der Waals surface area contributed by atoms with Crippen LogP contribution in [0.3, 0.4) is 0 Å². The van der Waals surface area contributed by atoms with Gasteiger partial charge in [0.15, 0.2) is 0 Å². The van der Waals surface area contributed by atoms with E-state index in [1.54, 1.807) is 7.11 Å². The summed E-state index contributed by atoms with van der Waals surface area (Å²) in [6, 6.07) is 15.0. The second kappa shape index (κ2) is 7.09. The molecule has 0 bridgehead atoms. The van der Waals surface area contributed by atoms with Gasteiger partial charge in [-0.2, -0.15) is 4.98 Å². The molecule has 146 valence electrons. The average Bonchev–Trinajstić information content (AvgIpc) is 3.52. The van der Waals surface area contributed by atoms with Gasteiger partial charge in [0, 0.05) is 23.8 Å². The Hall–Kier alpha value is -3.61. The molecule has 1 aliphatic rings. The molecule has 5 rings (SSSR count). The number of para-hydroxylation sites is 1. The molecule has 3 heterocycles. The fourth-order valence-corrected chi connectivity index (χ4v) is 3.92. The third kappa shape index (κ3) is 3.04. The summed E-state index contributed by atoms with van der Waals surface area (Å²) in [5.74, 6) is 1.57. The molecule has 1 amide bonds. The fourth-order valence-electron chi connectivity index (χ4n) is 3.92. The van der Waals surface area contributed by atoms with E-state index in [1.807, 2.05) is 59.6 Å².